The van der Waals surface area contributed by atoms with Gasteiger partial charge in [0.25, 0.3) is 0 Å². The minimum atomic E-state index is -0.575. The first-order valence-corrected chi connectivity index (χ1v) is 8.66. The Kier molecular flexibility index (Phi) is 5.82. The van der Waals surface area contributed by atoms with Crippen LogP contribution in [0.4, 0.5) is 0 Å². The normalized spacial score (nSPS) is 11.1. The fourth-order valence-corrected chi connectivity index (χ4v) is 2.72. The standard InChI is InChI=1S/C24H18O4/c25-19(13-11-17-7-3-1-4-8-17)23-21(27)15-16-22(28)24(23)20(26)14-12-18-9-5-2-6-10-18/h1-16,27-28H. The molecule has 0 aliphatic carbocycles. The van der Waals surface area contributed by atoms with E-state index in [0.717, 1.165) is 11.1 Å². The van der Waals surface area contributed by atoms with Crippen molar-refractivity contribution >= 4 is 23.7 Å². The number of aromatic hydroxyl groups is 2. The highest BCUT2D eigenvalue weighted by molar-refractivity contribution is 6.20. The molecule has 0 unspecified atom stereocenters. The Bertz CT molecular complexity index is 962. The molecule has 0 saturated carbocycles. The van der Waals surface area contributed by atoms with Crippen molar-refractivity contribution in [1.82, 2.24) is 0 Å². The number of carbonyl (C=O) groups excluding carboxylic acids is 2. The molecular formula is C24H18O4. The molecule has 0 aliphatic heterocycles. The number of phenolic OH excluding ortho intramolecular Hbond substituents is 2. The first kappa shape index (κ1) is 18.9. The highest BCUT2D eigenvalue weighted by atomic mass is 16.3. The van der Waals surface area contributed by atoms with Crippen molar-refractivity contribution in [1.29, 1.82) is 0 Å². The monoisotopic (exact) mass is 370 g/mol. The number of allylic oxidation sites excluding steroid dienone is 2. The molecule has 28 heavy (non-hydrogen) atoms. The van der Waals surface area contributed by atoms with Gasteiger partial charge in [-0.1, -0.05) is 72.8 Å². The van der Waals surface area contributed by atoms with Crippen molar-refractivity contribution in [3.63, 3.8) is 0 Å². The number of ketones is 2. The topological polar surface area (TPSA) is 74.6 Å². The van der Waals surface area contributed by atoms with Gasteiger partial charge in [-0.3, -0.25) is 9.59 Å². The van der Waals surface area contributed by atoms with E-state index in [1.54, 1.807) is 12.2 Å². The van der Waals surface area contributed by atoms with E-state index >= 15 is 0 Å². The number of hydrogen-bond donors (Lipinski definition) is 2. The lowest BCUT2D eigenvalue weighted by molar-refractivity contribution is 0.101. The second kappa shape index (κ2) is 8.64. The van der Waals surface area contributed by atoms with Crippen LogP contribution < -0.4 is 0 Å². The van der Waals surface area contributed by atoms with Gasteiger partial charge in [0.2, 0.25) is 0 Å². The maximum Gasteiger partial charge on any atom is 0.190 e. The molecule has 3 aromatic rings. The third-order valence-electron chi connectivity index (χ3n) is 4.11. The SMILES string of the molecule is O=C(C=Cc1ccccc1)c1c(O)ccc(O)c1C(=O)C=Cc1ccccc1. The summed E-state index contributed by atoms with van der Waals surface area (Å²) in [4.78, 5) is 25.3. The Morgan fingerprint density at radius 3 is 1.29 bits per heavy atom. The van der Waals surface area contributed by atoms with Crippen molar-refractivity contribution in [2.75, 3.05) is 0 Å². The Morgan fingerprint density at radius 1 is 0.571 bits per heavy atom. The molecule has 4 heteroatoms. The van der Waals surface area contributed by atoms with Crippen molar-refractivity contribution in [3.8, 4) is 11.5 Å². The molecule has 0 spiro atoms. The summed E-state index contributed by atoms with van der Waals surface area (Å²) in [6, 6.07) is 20.7. The van der Waals surface area contributed by atoms with Crippen LogP contribution in [0.1, 0.15) is 31.8 Å². The van der Waals surface area contributed by atoms with Crippen molar-refractivity contribution in [2.45, 2.75) is 0 Å². The smallest absolute Gasteiger partial charge is 0.190 e. The highest BCUT2D eigenvalue weighted by Crippen LogP contribution is 2.30. The molecular weight excluding hydrogens is 352 g/mol. The molecule has 0 aliphatic rings. The molecule has 138 valence electrons. The zero-order valence-corrected chi connectivity index (χ0v) is 14.9. The average molecular weight is 370 g/mol. The van der Waals surface area contributed by atoms with E-state index in [1.807, 2.05) is 60.7 Å². The Balaban J connectivity index is 1.94. The molecule has 0 radical (unpaired) electrons. The van der Waals surface area contributed by atoms with E-state index in [4.69, 9.17) is 0 Å². The maximum atomic E-state index is 12.7. The third-order valence-corrected chi connectivity index (χ3v) is 4.11. The number of phenols is 2. The number of rotatable bonds is 6. The lowest BCUT2D eigenvalue weighted by Crippen LogP contribution is -2.07. The molecule has 0 fully saturated rings. The van der Waals surface area contributed by atoms with Crippen LogP contribution in [0.5, 0.6) is 11.5 Å². The van der Waals surface area contributed by atoms with Gasteiger partial charge in [0.1, 0.15) is 11.5 Å². The quantitative estimate of drug-likeness (QED) is 0.368. The Labute approximate surface area is 162 Å². The summed E-state index contributed by atoms with van der Waals surface area (Å²) in [6.45, 7) is 0. The molecule has 0 heterocycles. The summed E-state index contributed by atoms with van der Waals surface area (Å²) in [5.74, 6) is -1.88. The van der Waals surface area contributed by atoms with Crippen molar-refractivity contribution in [2.24, 2.45) is 0 Å². The van der Waals surface area contributed by atoms with Crippen molar-refractivity contribution in [3.05, 3.63) is 107 Å². The molecule has 0 bridgehead atoms. The molecule has 0 aromatic heterocycles. The van der Waals surface area contributed by atoms with Gasteiger partial charge in [0.05, 0.1) is 11.1 Å². The number of hydrogen-bond acceptors (Lipinski definition) is 4. The van der Waals surface area contributed by atoms with Gasteiger partial charge >= 0.3 is 0 Å². The van der Waals surface area contributed by atoms with E-state index in [9.17, 15) is 19.8 Å². The van der Waals surface area contributed by atoms with E-state index in [0.29, 0.717) is 0 Å². The summed E-state index contributed by atoms with van der Waals surface area (Å²) in [5, 5.41) is 20.4. The van der Waals surface area contributed by atoms with Gasteiger partial charge in [-0.15, -0.1) is 0 Å². The van der Waals surface area contributed by atoms with Gasteiger partial charge in [0.15, 0.2) is 11.6 Å². The summed E-state index contributed by atoms with van der Waals surface area (Å²) < 4.78 is 0. The van der Waals surface area contributed by atoms with Crippen molar-refractivity contribution < 1.29 is 19.8 Å². The Hall–Kier alpha value is -3.92. The largest absolute Gasteiger partial charge is 0.507 e. The second-order valence-electron chi connectivity index (χ2n) is 6.07. The molecule has 4 nitrogen and oxygen atoms in total. The second-order valence-corrected chi connectivity index (χ2v) is 6.07. The fraction of sp³-hybridized carbons (Fsp3) is 0. The van der Waals surface area contributed by atoms with E-state index in [1.165, 1.54) is 24.3 Å². The summed E-state index contributed by atoms with van der Waals surface area (Å²) in [5.41, 5.74) is 1.14. The van der Waals surface area contributed by atoms with E-state index < -0.39 is 11.6 Å². The van der Waals surface area contributed by atoms with Gasteiger partial charge in [0, 0.05) is 0 Å². The van der Waals surface area contributed by atoms with Gasteiger partial charge in [-0.25, -0.2) is 0 Å². The summed E-state index contributed by atoms with van der Waals surface area (Å²) in [7, 11) is 0. The van der Waals surface area contributed by atoms with Crippen LogP contribution in [-0.2, 0) is 0 Å². The predicted molar refractivity (Wildman–Crippen MR) is 109 cm³/mol. The molecule has 0 saturated heterocycles. The minimum Gasteiger partial charge on any atom is -0.507 e. The minimum absolute atomic E-state index is 0.227. The molecule has 3 aromatic carbocycles. The van der Waals surface area contributed by atoms with E-state index in [2.05, 4.69) is 0 Å². The van der Waals surface area contributed by atoms with Crippen LogP contribution in [0, 0.1) is 0 Å². The Morgan fingerprint density at radius 2 is 0.929 bits per heavy atom. The van der Waals surface area contributed by atoms with Crippen LogP contribution in [0.15, 0.2) is 84.9 Å². The van der Waals surface area contributed by atoms with Gasteiger partial charge in [-0.05, 0) is 35.4 Å². The summed E-state index contributed by atoms with van der Waals surface area (Å²) >= 11 is 0. The van der Waals surface area contributed by atoms with Crippen LogP contribution in [0.3, 0.4) is 0 Å². The number of benzene rings is 3. The molecule has 3 rings (SSSR count). The lowest BCUT2D eigenvalue weighted by atomic mass is 9.96. The highest BCUT2D eigenvalue weighted by Gasteiger charge is 2.22. The van der Waals surface area contributed by atoms with Gasteiger partial charge in [-0.2, -0.15) is 0 Å². The van der Waals surface area contributed by atoms with Gasteiger partial charge < -0.3 is 10.2 Å². The lowest BCUT2D eigenvalue weighted by Gasteiger charge is -2.09. The average Bonchev–Trinajstić information content (AvgIpc) is 2.73. The zero-order valence-electron chi connectivity index (χ0n) is 14.9. The van der Waals surface area contributed by atoms with Crippen LogP contribution in [-0.4, -0.2) is 21.8 Å². The third kappa shape index (κ3) is 4.43. The predicted octanol–water partition coefficient (Wildman–Crippen LogP) is 4.89. The van der Waals surface area contributed by atoms with E-state index in [-0.39, 0.29) is 22.6 Å². The first-order chi connectivity index (χ1) is 13.6. The fourth-order valence-electron chi connectivity index (χ4n) is 2.72. The molecule has 0 atom stereocenters. The first-order valence-electron chi connectivity index (χ1n) is 8.66. The van der Waals surface area contributed by atoms with Crippen LogP contribution in [0.2, 0.25) is 0 Å². The summed E-state index contributed by atoms with van der Waals surface area (Å²) in [6.07, 6.45) is 5.70. The maximum absolute atomic E-state index is 12.7. The number of carbonyl (C=O) groups is 2. The van der Waals surface area contributed by atoms with Crippen LogP contribution in [0.25, 0.3) is 12.2 Å². The molecule has 2 N–H and O–H groups in total. The van der Waals surface area contributed by atoms with Crippen LogP contribution >= 0.6 is 0 Å². The zero-order chi connectivity index (χ0) is 19.9. The molecule has 0 amide bonds.